The van der Waals surface area contributed by atoms with Gasteiger partial charge in [0, 0.05) is 35.6 Å². The van der Waals surface area contributed by atoms with Crippen molar-refractivity contribution >= 4 is 22.5 Å². The van der Waals surface area contributed by atoms with Gasteiger partial charge in [-0.05, 0) is 49.9 Å². The van der Waals surface area contributed by atoms with Crippen molar-refractivity contribution in [2.45, 2.75) is 32.4 Å². The fourth-order valence-electron chi connectivity index (χ4n) is 3.35. The van der Waals surface area contributed by atoms with Crippen molar-refractivity contribution in [3.63, 3.8) is 0 Å². The van der Waals surface area contributed by atoms with Crippen molar-refractivity contribution < 1.29 is 4.74 Å². The number of aromatic nitrogens is 2. The van der Waals surface area contributed by atoms with Gasteiger partial charge in [-0.25, -0.2) is 0 Å². The fraction of sp³-hybridized carbons (Fsp3) is 0.316. The molecular formula is C19H19ClN2O. The van der Waals surface area contributed by atoms with Crippen molar-refractivity contribution in [2.24, 2.45) is 0 Å². The first-order valence-corrected chi connectivity index (χ1v) is 8.45. The van der Waals surface area contributed by atoms with E-state index in [0.717, 1.165) is 52.2 Å². The Morgan fingerprint density at radius 1 is 1.26 bits per heavy atom. The van der Waals surface area contributed by atoms with Gasteiger partial charge in [-0.3, -0.25) is 4.98 Å². The van der Waals surface area contributed by atoms with Gasteiger partial charge in [0.25, 0.3) is 0 Å². The Balaban J connectivity index is 1.81. The predicted molar refractivity (Wildman–Crippen MR) is 93.8 cm³/mol. The molecule has 0 amide bonds. The maximum absolute atomic E-state index is 6.50. The van der Waals surface area contributed by atoms with E-state index in [9.17, 15) is 0 Å². The number of rotatable bonds is 2. The summed E-state index contributed by atoms with van der Waals surface area (Å²) in [6, 6.07) is 10.5. The van der Waals surface area contributed by atoms with Crippen molar-refractivity contribution in [1.29, 1.82) is 0 Å². The molecule has 1 saturated heterocycles. The highest BCUT2D eigenvalue weighted by Crippen LogP contribution is 2.35. The van der Waals surface area contributed by atoms with Crippen LogP contribution in [0.2, 0.25) is 5.02 Å². The molecule has 2 aromatic heterocycles. The zero-order valence-corrected chi connectivity index (χ0v) is 13.9. The molecule has 0 N–H and O–H groups in total. The Morgan fingerprint density at radius 3 is 2.96 bits per heavy atom. The van der Waals surface area contributed by atoms with Gasteiger partial charge in [-0.1, -0.05) is 23.7 Å². The van der Waals surface area contributed by atoms with Crippen LogP contribution in [0, 0.1) is 6.92 Å². The summed E-state index contributed by atoms with van der Waals surface area (Å²) in [6.07, 6.45) is 7.32. The number of aryl methyl sites for hydroxylation is 1. The molecule has 1 atom stereocenters. The maximum atomic E-state index is 6.50. The first kappa shape index (κ1) is 14.7. The highest BCUT2D eigenvalue weighted by molar-refractivity contribution is 6.35. The molecule has 1 aromatic carbocycles. The molecule has 1 aliphatic heterocycles. The Hall–Kier alpha value is -1.84. The van der Waals surface area contributed by atoms with E-state index in [0.29, 0.717) is 0 Å². The highest BCUT2D eigenvalue weighted by atomic mass is 35.5. The van der Waals surface area contributed by atoms with Gasteiger partial charge in [0.05, 0.1) is 10.5 Å². The molecule has 4 rings (SSSR count). The van der Waals surface area contributed by atoms with E-state index in [1.54, 1.807) is 0 Å². The van der Waals surface area contributed by atoms with E-state index in [2.05, 4.69) is 33.8 Å². The Bertz CT molecular complexity index is 850. The normalized spacial score (nSPS) is 18.4. The Morgan fingerprint density at radius 2 is 2.17 bits per heavy atom. The first-order chi connectivity index (χ1) is 11.2. The number of fused-ring (bicyclic) bond motifs is 1. The average Bonchev–Trinajstić information content (AvgIpc) is 2.93. The molecule has 1 fully saturated rings. The monoisotopic (exact) mass is 326 g/mol. The SMILES string of the molecule is Cc1ncccc1-c1ccc2c(c1)c(Cl)cn2C1CCCCO1. The maximum Gasteiger partial charge on any atom is 0.134 e. The number of benzene rings is 1. The van der Waals surface area contributed by atoms with E-state index in [1.165, 1.54) is 6.42 Å². The van der Waals surface area contributed by atoms with Crippen LogP contribution in [0.5, 0.6) is 0 Å². The summed E-state index contributed by atoms with van der Waals surface area (Å²) < 4.78 is 8.09. The van der Waals surface area contributed by atoms with Gasteiger partial charge in [0.1, 0.15) is 6.23 Å². The Kier molecular flexibility index (Phi) is 3.83. The Labute approximate surface area is 140 Å². The molecule has 1 aliphatic rings. The van der Waals surface area contributed by atoms with Crippen LogP contribution in [-0.4, -0.2) is 16.2 Å². The predicted octanol–water partition coefficient (Wildman–Crippen LogP) is 5.36. The molecule has 0 radical (unpaired) electrons. The number of nitrogens with zero attached hydrogens (tertiary/aromatic N) is 2. The average molecular weight is 327 g/mol. The highest BCUT2D eigenvalue weighted by Gasteiger charge is 2.19. The smallest absolute Gasteiger partial charge is 0.134 e. The molecule has 4 heteroatoms. The third-order valence-corrected chi connectivity index (χ3v) is 4.87. The van der Waals surface area contributed by atoms with Gasteiger partial charge in [0.2, 0.25) is 0 Å². The van der Waals surface area contributed by atoms with E-state index in [1.807, 2.05) is 25.4 Å². The zero-order chi connectivity index (χ0) is 15.8. The van der Waals surface area contributed by atoms with E-state index >= 15 is 0 Å². The number of hydrogen-bond donors (Lipinski definition) is 0. The molecule has 0 bridgehead atoms. The standard InChI is InChI=1S/C19H19ClN2O/c1-13-15(5-4-9-21-13)14-7-8-18-16(11-14)17(20)12-22(18)19-6-2-3-10-23-19/h4-5,7-9,11-12,19H,2-3,6,10H2,1H3. The molecule has 3 heterocycles. The lowest BCUT2D eigenvalue weighted by atomic mass is 10.0. The lowest BCUT2D eigenvalue weighted by molar-refractivity contribution is -0.0291. The largest absolute Gasteiger partial charge is 0.358 e. The van der Waals surface area contributed by atoms with Crippen molar-refractivity contribution in [3.05, 3.63) is 53.4 Å². The molecule has 0 saturated carbocycles. The van der Waals surface area contributed by atoms with Gasteiger partial charge < -0.3 is 9.30 Å². The van der Waals surface area contributed by atoms with Gasteiger partial charge in [0.15, 0.2) is 0 Å². The second-order valence-electron chi connectivity index (χ2n) is 6.07. The van der Waals surface area contributed by atoms with Crippen LogP contribution < -0.4 is 0 Å². The van der Waals surface area contributed by atoms with E-state index in [4.69, 9.17) is 16.3 Å². The van der Waals surface area contributed by atoms with E-state index in [-0.39, 0.29) is 6.23 Å². The summed E-state index contributed by atoms with van der Waals surface area (Å²) in [4.78, 5) is 4.38. The molecule has 0 aliphatic carbocycles. The molecule has 3 nitrogen and oxygen atoms in total. The summed E-state index contributed by atoms with van der Waals surface area (Å²) in [6.45, 7) is 2.86. The minimum absolute atomic E-state index is 0.102. The second-order valence-corrected chi connectivity index (χ2v) is 6.48. The molecule has 23 heavy (non-hydrogen) atoms. The van der Waals surface area contributed by atoms with Gasteiger partial charge in [-0.15, -0.1) is 0 Å². The molecule has 1 unspecified atom stereocenters. The second kappa shape index (κ2) is 5.99. The van der Waals surface area contributed by atoms with Crippen LogP contribution in [0.15, 0.2) is 42.7 Å². The molecular weight excluding hydrogens is 308 g/mol. The number of pyridine rings is 1. The van der Waals surface area contributed by atoms with Crippen molar-refractivity contribution in [1.82, 2.24) is 9.55 Å². The molecule has 3 aromatic rings. The lowest BCUT2D eigenvalue weighted by Gasteiger charge is -2.24. The minimum Gasteiger partial charge on any atom is -0.358 e. The number of hydrogen-bond acceptors (Lipinski definition) is 2. The summed E-state index contributed by atoms with van der Waals surface area (Å²) in [7, 11) is 0. The summed E-state index contributed by atoms with van der Waals surface area (Å²) in [5.74, 6) is 0. The van der Waals surface area contributed by atoms with Crippen LogP contribution in [0.1, 0.15) is 31.2 Å². The summed E-state index contributed by atoms with van der Waals surface area (Å²) >= 11 is 6.50. The lowest BCUT2D eigenvalue weighted by Crippen LogP contribution is -2.17. The quantitative estimate of drug-likeness (QED) is 0.633. The minimum atomic E-state index is 0.102. The number of halogens is 1. The number of ether oxygens (including phenoxy) is 1. The van der Waals surface area contributed by atoms with E-state index < -0.39 is 0 Å². The van der Waals surface area contributed by atoms with Crippen LogP contribution >= 0.6 is 11.6 Å². The fourth-order valence-corrected chi connectivity index (χ4v) is 3.61. The van der Waals surface area contributed by atoms with Crippen LogP contribution in [0.3, 0.4) is 0 Å². The van der Waals surface area contributed by atoms with Gasteiger partial charge >= 0.3 is 0 Å². The van der Waals surface area contributed by atoms with Crippen LogP contribution in [0.4, 0.5) is 0 Å². The van der Waals surface area contributed by atoms with Crippen LogP contribution in [-0.2, 0) is 4.74 Å². The first-order valence-electron chi connectivity index (χ1n) is 8.08. The third-order valence-electron chi connectivity index (χ3n) is 4.57. The topological polar surface area (TPSA) is 27.1 Å². The third kappa shape index (κ3) is 2.64. The summed E-state index contributed by atoms with van der Waals surface area (Å²) in [5, 5.41) is 1.85. The van der Waals surface area contributed by atoms with Gasteiger partial charge in [-0.2, -0.15) is 0 Å². The molecule has 118 valence electrons. The van der Waals surface area contributed by atoms with Crippen molar-refractivity contribution in [3.8, 4) is 11.1 Å². The molecule has 0 spiro atoms. The summed E-state index contributed by atoms with van der Waals surface area (Å²) in [5.41, 5.74) is 4.45. The van der Waals surface area contributed by atoms with Crippen molar-refractivity contribution in [2.75, 3.05) is 6.61 Å². The zero-order valence-electron chi connectivity index (χ0n) is 13.1. The van der Waals surface area contributed by atoms with Crippen LogP contribution in [0.25, 0.3) is 22.0 Å².